The van der Waals surface area contributed by atoms with Gasteiger partial charge in [0.2, 0.25) is 5.91 Å². The molecule has 1 unspecified atom stereocenters. The maximum Gasteiger partial charge on any atom is 0.236 e. The summed E-state index contributed by atoms with van der Waals surface area (Å²) in [5.41, 5.74) is 0. The summed E-state index contributed by atoms with van der Waals surface area (Å²) in [6, 6.07) is 0.464. The number of likely N-dealkylation sites (tertiary alicyclic amines) is 1. The summed E-state index contributed by atoms with van der Waals surface area (Å²) in [6.07, 6.45) is 5.99. The predicted molar refractivity (Wildman–Crippen MR) is 72.0 cm³/mol. The fraction of sp³-hybridized carbons (Fsp3) is 0.929. The second kappa shape index (κ2) is 7.70. The molecule has 17 heavy (non-hydrogen) atoms. The van der Waals surface area contributed by atoms with Gasteiger partial charge in [0, 0.05) is 19.1 Å². The largest absolute Gasteiger partial charge is 0.342 e. The molecule has 0 saturated carbocycles. The van der Waals surface area contributed by atoms with Gasteiger partial charge >= 0.3 is 0 Å². The zero-order valence-corrected chi connectivity index (χ0v) is 11.7. The second-order valence-corrected chi connectivity index (χ2v) is 5.43. The standard InChI is InChI=1S/C14H28N2O/c1-4-13(12(2)3)15-11-14(17)16-9-7-5-6-8-10-16/h12-13,15H,4-11H2,1-3H3. The summed E-state index contributed by atoms with van der Waals surface area (Å²) in [6.45, 7) is 9.01. The summed E-state index contributed by atoms with van der Waals surface area (Å²) in [7, 11) is 0. The molecule has 1 aliphatic heterocycles. The molecule has 1 saturated heterocycles. The molecule has 3 heteroatoms. The Balaban J connectivity index is 2.32. The molecule has 0 aromatic rings. The van der Waals surface area contributed by atoms with E-state index < -0.39 is 0 Å². The summed E-state index contributed by atoms with van der Waals surface area (Å²) in [4.78, 5) is 14.1. The number of nitrogens with zero attached hydrogens (tertiary/aromatic N) is 1. The first-order chi connectivity index (χ1) is 8.15. The molecule has 1 N–H and O–H groups in total. The van der Waals surface area contributed by atoms with Crippen LogP contribution in [0.1, 0.15) is 52.9 Å². The van der Waals surface area contributed by atoms with Crippen molar-refractivity contribution >= 4 is 5.91 Å². The van der Waals surface area contributed by atoms with Crippen LogP contribution >= 0.6 is 0 Å². The van der Waals surface area contributed by atoms with Crippen LogP contribution in [-0.4, -0.2) is 36.5 Å². The van der Waals surface area contributed by atoms with E-state index in [0.29, 0.717) is 18.5 Å². The van der Waals surface area contributed by atoms with Crippen molar-refractivity contribution in [3.63, 3.8) is 0 Å². The van der Waals surface area contributed by atoms with Gasteiger partial charge < -0.3 is 10.2 Å². The third-order valence-electron chi connectivity index (χ3n) is 3.72. The summed E-state index contributed by atoms with van der Waals surface area (Å²) in [5.74, 6) is 0.878. The quantitative estimate of drug-likeness (QED) is 0.800. The fourth-order valence-corrected chi connectivity index (χ4v) is 2.50. The topological polar surface area (TPSA) is 32.3 Å². The average Bonchev–Trinajstić information content (AvgIpc) is 2.57. The fourth-order valence-electron chi connectivity index (χ4n) is 2.50. The van der Waals surface area contributed by atoms with E-state index in [1.54, 1.807) is 0 Å². The molecule has 1 fully saturated rings. The highest BCUT2D eigenvalue weighted by atomic mass is 16.2. The Labute approximate surface area is 106 Å². The van der Waals surface area contributed by atoms with Gasteiger partial charge in [-0.3, -0.25) is 4.79 Å². The lowest BCUT2D eigenvalue weighted by Gasteiger charge is -2.24. The minimum atomic E-state index is 0.283. The van der Waals surface area contributed by atoms with Crippen LogP contribution in [-0.2, 0) is 4.79 Å². The molecule has 0 aromatic carbocycles. The van der Waals surface area contributed by atoms with Gasteiger partial charge in [0.1, 0.15) is 0 Å². The molecule has 1 rings (SSSR count). The maximum atomic E-state index is 12.1. The highest BCUT2D eigenvalue weighted by Gasteiger charge is 2.17. The number of rotatable bonds is 5. The van der Waals surface area contributed by atoms with Crippen LogP contribution < -0.4 is 5.32 Å². The first-order valence-electron chi connectivity index (χ1n) is 7.16. The highest BCUT2D eigenvalue weighted by molar-refractivity contribution is 5.78. The number of nitrogens with one attached hydrogen (secondary N) is 1. The minimum absolute atomic E-state index is 0.283. The number of carbonyl (C=O) groups is 1. The van der Waals surface area contributed by atoms with Crippen LogP contribution in [0.5, 0.6) is 0 Å². The van der Waals surface area contributed by atoms with Crippen molar-refractivity contribution in [2.75, 3.05) is 19.6 Å². The van der Waals surface area contributed by atoms with Gasteiger partial charge in [-0.1, -0.05) is 33.6 Å². The molecule has 1 amide bonds. The van der Waals surface area contributed by atoms with Crippen molar-refractivity contribution in [1.29, 1.82) is 0 Å². The van der Waals surface area contributed by atoms with Crippen molar-refractivity contribution < 1.29 is 4.79 Å². The van der Waals surface area contributed by atoms with E-state index >= 15 is 0 Å². The first kappa shape index (κ1) is 14.5. The van der Waals surface area contributed by atoms with Gasteiger partial charge in [0.15, 0.2) is 0 Å². The third-order valence-corrected chi connectivity index (χ3v) is 3.72. The molecule has 1 aliphatic rings. The van der Waals surface area contributed by atoms with Crippen LogP contribution in [0.25, 0.3) is 0 Å². The molecule has 3 nitrogen and oxygen atoms in total. The molecule has 0 bridgehead atoms. The van der Waals surface area contributed by atoms with E-state index in [1.807, 2.05) is 4.90 Å². The van der Waals surface area contributed by atoms with Gasteiger partial charge in [0.05, 0.1) is 6.54 Å². The third kappa shape index (κ3) is 5.07. The lowest BCUT2D eigenvalue weighted by Crippen LogP contribution is -2.43. The molecule has 0 spiro atoms. The smallest absolute Gasteiger partial charge is 0.236 e. The normalized spacial score (nSPS) is 19.2. The van der Waals surface area contributed by atoms with Crippen LogP contribution in [0.3, 0.4) is 0 Å². The Bertz CT molecular complexity index is 220. The van der Waals surface area contributed by atoms with Crippen molar-refractivity contribution in [3.05, 3.63) is 0 Å². The second-order valence-electron chi connectivity index (χ2n) is 5.43. The van der Waals surface area contributed by atoms with E-state index in [2.05, 4.69) is 26.1 Å². The zero-order valence-electron chi connectivity index (χ0n) is 11.7. The number of amides is 1. The molecule has 1 atom stereocenters. The average molecular weight is 240 g/mol. The minimum Gasteiger partial charge on any atom is -0.342 e. The predicted octanol–water partition coefficient (Wildman–Crippen LogP) is 2.41. The van der Waals surface area contributed by atoms with E-state index in [-0.39, 0.29) is 5.91 Å². The van der Waals surface area contributed by atoms with Gasteiger partial charge in [-0.25, -0.2) is 0 Å². The Morgan fingerprint density at radius 3 is 2.24 bits per heavy atom. The SMILES string of the molecule is CCC(NCC(=O)N1CCCCCC1)C(C)C. The molecule has 0 aliphatic carbocycles. The van der Waals surface area contributed by atoms with Crippen molar-refractivity contribution in [3.8, 4) is 0 Å². The number of hydrogen-bond acceptors (Lipinski definition) is 2. The molecule has 100 valence electrons. The lowest BCUT2D eigenvalue weighted by molar-refractivity contribution is -0.130. The van der Waals surface area contributed by atoms with Crippen LogP contribution in [0.2, 0.25) is 0 Å². The van der Waals surface area contributed by atoms with E-state index in [4.69, 9.17) is 0 Å². The zero-order chi connectivity index (χ0) is 12.7. The summed E-state index contributed by atoms with van der Waals surface area (Å²) >= 11 is 0. The monoisotopic (exact) mass is 240 g/mol. The van der Waals surface area contributed by atoms with E-state index in [0.717, 1.165) is 19.5 Å². The lowest BCUT2D eigenvalue weighted by atomic mass is 10.0. The van der Waals surface area contributed by atoms with Crippen molar-refractivity contribution in [2.24, 2.45) is 5.92 Å². The number of carbonyl (C=O) groups excluding carboxylic acids is 1. The Morgan fingerprint density at radius 2 is 1.76 bits per heavy atom. The first-order valence-corrected chi connectivity index (χ1v) is 7.16. The van der Waals surface area contributed by atoms with Gasteiger partial charge in [-0.15, -0.1) is 0 Å². The van der Waals surface area contributed by atoms with Crippen LogP contribution in [0, 0.1) is 5.92 Å². The van der Waals surface area contributed by atoms with E-state index in [9.17, 15) is 4.79 Å². The van der Waals surface area contributed by atoms with Gasteiger partial charge in [-0.05, 0) is 25.2 Å². The van der Waals surface area contributed by atoms with E-state index in [1.165, 1.54) is 25.7 Å². The van der Waals surface area contributed by atoms with Gasteiger partial charge in [-0.2, -0.15) is 0 Å². The van der Waals surface area contributed by atoms with Crippen LogP contribution in [0.15, 0.2) is 0 Å². The maximum absolute atomic E-state index is 12.1. The van der Waals surface area contributed by atoms with Gasteiger partial charge in [0.25, 0.3) is 0 Å². The number of hydrogen-bond donors (Lipinski definition) is 1. The Morgan fingerprint density at radius 1 is 1.18 bits per heavy atom. The summed E-state index contributed by atoms with van der Waals surface area (Å²) < 4.78 is 0. The molecule has 0 aromatic heterocycles. The van der Waals surface area contributed by atoms with Crippen molar-refractivity contribution in [1.82, 2.24) is 10.2 Å². The highest BCUT2D eigenvalue weighted by Crippen LogP contribution is 2.10. The summed E-state index contributed by atoms with van der Waals surface area (Å²) in [5, 5.41) is 3.40. The van der Waals surface area contributed by atoms with Crippen LogP contribution in [0.4, 0.5) is 0 Å². The molecular formula is C14H28N2O. The Kier molecular flexibility index (Phi) is 6.56. The molecule has 0 radical (unpaired) electrons. The Hall–Kier alpha value is -0.570. The van der Waals surface area contributed by atoms with Crippen molar-refractivity contribution in [2.45, 2.75) is 58.9 Å². The molecule has 1 heterocycles. The molecular weight excluding hydrogens is 212 g/mol.